The van der Waals surface area contributed by atoms with Crippen LogP contribution in [0.1, 0.15) is 5.56 Å². The Morgan fingerprint density at radius 1 is 0.905 bits per heavy atom. The molecule has 0 unspecified atom stereocenters. The van der Waals surface area contributed by atoms with Crippen LogP contribution in [0.15, 0.2) is 68.9 Å². The molecule has 0 saturated carbocycles. The third-order valence-electron chi connectivity index (χ3n) is 3.18. The molecule has 1 N–H and O–H groups in total. The number of hydrogen-bond donors (Lipinski definition) is 1. The van der Waals surface area contributed by atoms with Crippen LogP contribution in [0.5, 0.6) is 0 Å². The van der Waals surface area contributed by atoms with E-state index in [4.69, 9.17) is 0 Å². The molecule has 0 aliphatic rings. The van der Waals surface area contributed by atoms with Crippen LogP contribution in [-0.2, 0) is 6.54 Å². The Morgan fingerprint density at radius 2 is 1.76 bits per heavy atom. The van der Waals surface area contributed by atoms with Gasteiger partial charge in [0, 0.05) is 31.6 Å². The second kappa shape index (κ2) is 6.77. The summed E-state index contributed by atoms with van der Waals surface area (Å²) in [6.45, 7) is 0.800. The Morgan fingerprint density at radius 3 is 2.52 bits per heavy atom. The van der Waals surface area contributed by atoms with Crippen molar-refractivity contribution < 1.29 is 0 Å². The third-order valence-corrected chi connectivity index (χ3v) is 5.96. The zero-order valence-corrected chi connectivity index (χ0v) is 15.1. The Kier molecular flexibility index (Phi) is 4.78. The van der Waals surface area contributed by atoms with E-state index < -0.39 is 0 Å². The van der Waals surface area contributed by atoms with Crippen molar-refractivity contribution >= 4 is 48.9 Å². The second-order valence-electron chi connectivity index (χ2n) is 4.62. The second-order valence-corrected chi connectivity index (χ2v) is 7.28. The van der Waals surface area contributed by atoms with Crippen molar-refractivity contribution in [3.63, 3.8) is 0 Å². The lowest BCUT2D eigenvalue weighted by Gasteiger charge is -2.11. The smallest absolute Gasteiger partial charge is 0.0430 e. The highest BCUT2D eigenvalue weighted by Gasteiger charge is 2.05. The average Bonchev–Trinajstić information content (AvgIpc) is 3.03. The van der Waals surface area contributed by atoms with E-state index in [1.54, 1.807) is 11.3 Å². The molecule has 0 aliphatic heterocycles. The molecule has 0 atom stereocenters. The van der Waals surface area contributed by atoms with Gasteiger partial charge >= 0.3 is 0 Å². The van der Waals surface area contributed by atoms with Gasteiger partial charge in [-0.3, -0.25) is 0 Å². The van der Waals surface area contributed by atoms with Crippen LogP contribution in [0.25, 0.3) is 10.4 Å². The number of benzene rings is 2. The summed E-state index contributed by atoms with van der Waals surface area (Å²) in [5, 5.41) is 5.64. The highest BCUT2D eigenvalue weighted by atomic mass is 79.9. The summed E-state index contributed by atoms with van der Waals surface area (Å²) in [6, 6.07) is 19.0. The van der Waals surface area contributed by atoms with Gasteiger partial charge in [0.05, 0.1) is 0 Å². The molecule has 1 heterocycles. The van der Waals surface area contributed by atoms with Gasteiger partial charge in [0.1, 0.15) is 0 Å². The summed E-state index contributed by atoms with van der Waals surface area (Å²) in [6.07, 6.45) is 0. The fourth-order valence-electron chi connectivity index (χ4n) is 2.13. The first-order valence-electron chi connectivity index (χ1n) is 6.55. The van der Waals surface area contributed by atoms with Gasteiger partial charge in [-0.15, -0.1) is 11.3 Å². The van der Waals surface area contributed by atoms with Gasteiger partial charge in [-0.1, -0.05) is 30.3 Å². The lowest BCUT2D eigenvalue weighted by atomic mass is 10.1. The summed E-state index contributed by atoms with van der Waals surface area (Å²) in [5.41, 5.74) is 3.66. The van der Waals surface area contributed by atoms with Crippen LogP contribution in [0, 0.1) is 0 Å². The molecule has 1 aromatic heterocycles. The lowest BCUT2D eigenvalue weighted by Crippen LogP contribution is -2.00. The normalized spacial score (nSPS) is 10.6. The lowest BCUT2D eigenvalue weighted by molar-refractivity contribution is 1.14. The van der Waals surface area contributed by atoms with Crippen molar-refractivity contribution in [3.05, 3.63) is 74.5 Å². The van der Waals surface area contributed by atoms with E-state index in [0.29, 0.717) is 0 Å². The molecule has 106 valence electrons. The summed E-state index contributed by atoms with van der Waals surface area (Å²) in [7, 11) is 0. The van der Waals surface area contributed by atoms with Crippen molar-refractivity contribution in [2.45, 2.75) is 6.54 Å². The largest absolute Gasteiger partial charge is 0.380 e. The minimum absolute atomic E-state index is 0.800. The molecule has 3 rings (SSSR count). The maximum atomic E-state index is 3.55. The van der Waals surface area contributed by atoms with Crippen LogP contribution in [-0.4, -0.2) is 0 Å². The fraction of sp³-hybridized carbons (Fsp3) is 0.0588. The molecule has 0 spiro atoms. The van der Waals surface area contributed by atoms with E-state index in [1.807, 2.05) is 0 Å². The quantitative estimate of drug-likeness (QED) is 0.502. The molecule has 2 aromatic carbocycles. The molecule has 3 aromatic rings. The van der Waals surface area contributed by atoms with E-state index in [-0.39, 0.29) is 0 Å². The van der Waals surface area contributed by atoms with E-state index in [9.17, 15) is 0 Å². The first-order valence-corrected chi connectivity index (χ1v) is 9.01. The zero-order valence-electron chi connectivity index (χ0n) is 11.1. The molecule has 0 saturated heterocycles. The number of anilines is 1. The van der Waals surface area contributed by atoms with Crippen molar-refractivity contribution in [1.29, 1.82) is 0 Å². The molecular weight excluding hydrogens is 410 g/mol. The number of nitrogens with one attached hydrogen (secondary N) is 1. The molecular formula is C17H13Br2NS. The molecule has 21 heavy (non-hydrogen) atoms. The van der Waals surface area contributed by atoms with Gasteiger partial charge in [-0.25, -0.2) is 0 Å². The minimum Gasteiger partial charge on any atom is -0.380 e. The number of hydrogen-bond acceptors (Lipinski definition) is 2. The zero-order chi connectivity index (χ0) is 14.7. The SMILES string of the molecule is Brc1ccc(CNc2ccccc2-c2cccs2)cc1Br. The molecule has 0 amide bonds. The molecule has 0 radical (unpaired) electrons. The van der Waals surface area contributed by atoms with Gasteiger partial charge in [-0.2, -0.15) is 0 Å². The molecule has 1 nitrogen and oxygen atoms in total. The van der Waals surface area contributed by atoms with Gasteiger partial charge < -0.3 is 5.32 Å². The Bertz CT molecular complexity index is 738. The van der Waals surface area contributed by atoms with E-state index in [2.05, 4.69) is 97.2 Å². The van der Waals surface area contributed by atoms with E-state index >= 15 is 0 Å². The summed E-state index contributed by atoms with van der Waals surface area (Å²) in [4.78, 5) is 1.29. The molecule has 0 bridgehead atoms. The maximum Gasteiger partial charge on any atom is 0.0430 e. The predicted octanol–water partition coefficient (Wildman–Crippen LogP) is 6.55. The topological polar surface area (TPSA) is 12.0 Å². The van der Waals surface area contributed by atoms with Crippen molar-refractivity contribution in [2.24, 2.45) is 0 Å². The minimum atomic E-state index is 0.800. The summed E-state index contributed by atoms with van der Waals surface area (Å²) >= 11 is 8.81. The first-order chi connectivity index (χ1) is 10.2. The predicted molar refractivity (Wildman–Crippen MR) is 98.9 cm³/mol. The molecule has 4 heteroatoms. The molecule has 0 fully saturated rings. The summed E-state index contributed by atoms with van der Waals surface area (Å²) in [5.74, 6) is 0. The monoisotopic (exact) mass is 421 g/mol. The highest BCUT2D eigenvalue weighted by molar-refractivity contribution is 9.13. The number of para-hydroxylation sites is 1. The molecule has 0 aliphatic carbocycles. The van der Waals surface area contributed by atoms with Gasteiger partial charge in [0.15, 0.2) is 0 Å². The number of thiophene rings is 1. The van der Waals surface area contributed by atoms with Gasteiger partial charge in [0.25, 0.3) is 0 Å². The van der Waals surface area contributed by atoms with Crippen LogP contribution in [0.3, 0.4) is 0 Å². The standard InChI is InChI=1S/C17H13Br2NS/c18-14-8-7-12(10-15(14)19)11-20-16-5-2-1-4-13(16)17-6-3-9-21-17/h1-10,20H,11H2. The Balaban J connectivity index is 1.81. The Labute approximate surface area is 145 Å². The van der Waals surface area contributed by atoms with Crippen molar-refractivity contribution in [1.82, 2.24) is 0 Å². The fourth-order valence-corrected chi connectivity index (χ4v) is 3.57. The summed E-state index contributed by atoms with van der Waals surface area (Å²) < 4.78 is 2.15. The van der Waals surface area contributed by atoms with Gasteiger partial charge in [0.2, 0.25) is 0 Å². The van der Waals surface area contributed by atoms with Crippen LogP contribution in [0.2, 0.25) is 0 Å². The van der Waals surface area contributed by atoms with Gasteiger partial charge in [-0.05, 0) is 67.1 Å². The number of halogens is 2. The third kappa shape index (κ3) is 3.57. The number of rotatable bonds is 4. The maximum absolute atomic E-state index is 3.55. The first kappa shape index (κ1) is 14.8. The van der Waals surface area contributed by atoms with Crippen molar-refractivity contribution in [2.75, 3.05) is 5.32 Å². The van der Waals surface area contributed by atoms with Crippen LogP contribution < -0.4 is 5.32 Å². The van der Waals surface area contributed by atoms with Crippen LogP contribution >= 0.6 is 43.2 Å². The van der Waals surface area contributed by atoms with Crippen molar-refractivity contribution in [3.8, 4) is 10.4 Å². The van der Waals surface area contributed by atoms with Crippen LogP contribution in [0.4, 0.5) is 5.69 Å². The highest BCUT2D eigenvalue weighted by Crippen LogP contribution is 2.32. The Hall–Kier alpha value is -1.10. The average molecular weight is 423 g/mol. The van der Waals surface area contributed by atoms with E-state index in [0.717, 1.165) is 15.5 Å². The van der Waals surface area contributed by atoms with E-state index in [1.165, 1.54) is 21.7 Å².